The van der Waals surface area contributed by atoms with E-state index in [-0.39, 0.29) is 29.5 Å². The Kier molecular flexibility index (Phi) is 10.2. The standard InChI is InChI=1S/C17H30N4O.HI/c1-17(2,3)20-16(18-4)19-13-14-9-7-8-10-15(14)22-12-11-21(5)6;/h7-10H,11-13H2,1-6H3,(H2,18,19,20);1H. The van der Waals surface area contributed by atoms with Crippen molar-refractivity contribution in [3.8, 4) is 5.75 Å². The highest BCUT2D eigenvalue weighted by molar-refractivity contribution is 14.0. The van der Waals surface area contributed by atoms with Crippen LogP contribution in [0.5, 0.6) is 5.75 Å². The maximum atomic E-state index is 5.87. The summed E-state index contributed by atoms with van der Waals surface area (Å²) in [5, 5.41) is 6.68. The van der Waals surface area contributed by atoms with Crippen LogP contribution in [0.15, 0.2) is 29.3 Å². The van der Waals surface area contributed by atoms with Crippen LogP contribution in [-0.4, -0.2) is 50.7 Å². The van der Waals surface area contributed by atoms with Gasteiger partial charge < -0.3 is 20.3 Å². The average Bonchev–Trinajstić information content (AvgIpc) is 2.43. The molecule has 0 radical (unpaired) electrons. The Morgan fingerprint density at radius 1 is 1.22 bits per heavy atom. The number of hydrogen-bond donors (Lipinski definition) is 2. The van der Waals surface area contributed by atoms with Crippen LogP contribution >= 0.6 is 24.0 Å². The SMILES string of the molecule is CN=C(NCc1ccccc1OCCN(C)C)NC(C)(C)C.I. The fraction of sp³-hybridized carbons (Fsp3) is 0.588. The van der Waals surface area contributed by atoms with Gasteiger partial charge in [-0.1, -0.05) is 18.2 Å². The third-order valence-electron chi connectivity index (χ3n) is 2.93. The van der Waals surface area contributed by atoms with Crippen molar-refractivity contribution in [2.75, 3.05) is 34.3 Å². The van der Waals surface area contributed by atoms with E-state index in [9.17, 15) is 0 Å². The topological polar surface area (TPSA) is 48.9 Å². The van der Waals surface area contributed by atoms with Crippen molar-refractivity contribution in [3.05, 3.63) is 29.8 Å². The van der Waals surface area contributed by atoms with E-state index in [4.69, 9.17) is 4.74 Å². The Hall–Kier alpha value is -1.02. The molecule has 23 heavy (non-hydrogen) atoms. The number of ether oxygens (including phenoxy) is 1. The average molecular weight is 434 g/mol. The molecular formula is C17H31IN4O. The first-order valence-corrected chi connectivity index (χ1v) is 7.66. The number of hydrogen-bond acceptors (Lipinski definition) is 3. The fourth-order valence-corrected chi connectivity index (χ4v) is 1.84. The number of likely N-dealkylation sites (N-methyl/N-ethyl adjacent to an activating group) is 1. The number of para-hydroxylation sites is 1. The Morgan fingerprint density at radius 2 is 1.87 bits per heavy atom. The lowest BCUT2D eigenvalue weighted by atomic mass is 10.1. The van der Waals surface area contributed by atoms with Gasteiger partial charge >= 0.3 is 0 Å². The van der Waals surface area contributed by atoms with Crippen LogP contribution in [0, 0.1) is 0 Å². The van der Waals surface area contributed by atoms with Crippen molar-refractivity contribution in [1.29, 1.82) is 0 Å². The number of halogens is 1. The number of nitrogens with one attached hydrogen (secondary N) is 2. The van der Waals surface area contributed by atoms with Gasteiger partial charge in [-0.3, -0.25) is 4.99 Å². The van der Waals surface area contributed by atoms with Crippen LogP contribution in [0.3, 0.4) is 0 Å². The van der Waals surface area contributed by atoms with Gasteiger partial charge in [-0.15, -0.1) is 24.0 Å². The van der Waals surface area contributed by atoms with E-state index in [0.717, 1.165) is 23.8 Å². The molecule has 0 unspecified atom stereocenters. The summed E-state index contributed by atoms with van der Waals surface area (Å²) in [4.78, 5) is 6.36. The smallest absolute Gasteiger partial charge is 0.191 e. The van der Waals surface area contributed by atoms with Crippen molar-refractivity contribution in [2.45, 2.75) is 32.9 Å². The highest BCUT2D eigenvalue weighted by Crippen LogP contribution is 2.17. The summed E-state index contributed by atoms with van der Waals surface area (Å²) in [5.41, 5.74) is 1.10. The first kappa shape index (κ1) is 22.0. The monoisotopic (exact) mass is 434 g/mol. The highest BCUT2D eigenvalue weighted by atomic mass is 127. The number of benzene rings is 1. The van der Waals surface area contributed by atoms with Crippen LogP contribution in [0.25, 0.3) is 0 Å². The minimum Gasteiger partial charge on any atom is -0.492 e. The lowest BCUT2D eigenvalue weighted by Gasteiger charge is -2.24. The third-order valence-corrected chi connectivity index (χ3v) is 2.93. The molecule has 2 N–H and O–H groups in total. The summed E-state index contributed by atoms with van der Waals surface area (Å²) in [5.74, 6) is 1.71. The van der Waals surface area contributed by atoms with E-state index < -0.39 is 0 Å². The predicted molar refractivity (Wildman–Crippen MR) is 109 cm³/mol. The molecule has 0 aliphatic rings. The molecule has 0 aromatic heterocycles. The van der Waals surface area contributed by atoms with E-state index in [1.165, 1.54) is 0 Å². The minimum atomic E-state index is -0.0242. The lowest BCUT2D eigenvalue weighted by Crippen LogP contribution is -2.47. The zero-order chi connectivity index (χ0) is 16.6. The molecule has 0 aliphatic heterocycles. The maximum Gasteiger partial charge on any atom is 0.191 e. The summed E-state index contributed by atoms with van der Waals surface area (Å²) >= 11 is 0. The molecular weight excluding hydrogens is 403 g/mol. The molecule has 0 amide bonds. The van der Waals surface area contributed by atoms with Gasteiger partial charge in [0.1, 0.15) is 12.4 Å². The van der Waals surface area contributed by atoms with E-state index in [1.807, 2.05) is 32.3 Å². The molecule has 132 valence electrons. The second-order valence-corrected chi connectivity index (χ2v) is 6.56. The second-order valence-electron chi connectivity index (χ2n) is 6.56. The van der Waals surface area contributed by atoms with Gasteiger partial charge in [0.05, 0.1) is 0 Å². The molecule has 1 aromatic carbocycles. The van der Waals surface area contributed by atoms with Crippen molar-refractivity contribution in [2.24, 2.45) is 4.99 Å². The van der Waals surface area contributed by atoms with Gasteiger partial charge in [0, 0.05) is 31.2 Å². The molecule has 5 nitrogen and oxygen atoms in total. The van der Waals surface area contributed by atoms with Gasteiger partial charge in [0.25, 0.3) is 0 Å². The first-order valence-electron chi connectivity index (χ1n) is 7.66. The van der Waals surface area contributed by atoms with Crippen LogP contribution in [0.4, 0.5) is 0 Å². The Balaban J connectivity index is 0.00000484. The van der Waals surface area contributed by atoms with Gasteiger partial charge in [-0.05, 0) is 40.9 Å². The van der Waals surface area contributed by atoms with E-state index in [0.29, 0.717) is 13.2 Å². The number of nitrogens with zero attached hydrogens (tertiary/aromatic N) is 2. The van der Waals surface area contributed by atoms with Crippen molar-refractivity contribution in [3.63, 3.8) is 0 Å². The Bertz CT molecular complexity index is 484. The van der Waals surface area contributed by atoms with Crippen LogP contribution < -0.4 is 15.4 Å². The van der Waals surface area contributed by atoms with Gasteiger partial charge in [0.2, 0.25) is 0 Å². The minimum absolute atomic E-state index is 0. The van der Waals surface area contributed by atoms with Gasteiger partial charge in [-0.2, -0.15) is 0 Å². The van der Waals surface area contributed by atoms with Crippen LogP contribution in [0.2, 0.25) is 0 Å². The summed E-state index contributed by atoms with van der Waals surface area (Å²) in [7, 11) is 5.86. The Morgan fingerprint density at radius 3 is 2.43 bits per heavy atom. The molecule has 0 aliphatic carbocycles. The summed E-state index contributed by atoms with van der Waals surface area (Å²) in [6, 6.07) is 8.10. The molecule has 1 aromatic rings. The van der Waals surface area contributed by atoms with Crippen molar-refractivity contribution < 1.29 is 4.74 Å². The van der Waals surface area contributed by atoms with E-state index >= 15 is 0 Å². The summed E-state index contributed by atoms with van der Waals surface area (Å²) in [6.07, 6.45) is 0. The zero-order valence-electron chi connectivity index (χ0n) is 15.1. The largest absolute Gasteiger partial charge is 0.492 e. The summed E-state index contributed by atoms with van der Waals surface area (Å²) < 4.78 is 5.87. The number of rotatable bonds is 6. The van der Waals surface area contributed by atoms with Crippen LogP contribution in [-0.2, 0) is 6.54 Å². The fourth-order valence-electron chi connectivity index (χ4n) is 1.84. The quantitative estimate of drug-likeness (QED) is 0.411. The molecule has 0 spiro atoms. The molecule has 0 heterocycles. The maximum absolute atomic E-state index is 5.87. The molecule has 0 fully saturated rings. The lowest BCUT2D eigenvalue weighted by molar-refractivity contribution is 0.259. The molecule has 1 rings (SSSR count). The van der Waals surface area contributed by atoms with E-state index in [1.54, 1.807) is 7.05 Å². The van der Waals surface area contributed by atoms with Crippen LogP contribution in [0.1, 0.15) is 26.3 Å². The van der Waals surface area contributed by atoms with Gasteiger partial charge in [-0.25, -0.2) is 0 Å². The van der Waals surface area contributed by atoms with Crippen molar-refractivity contribution in [1.82, 2.24) is 15.5 Å². The van der Waals surface area contributed by atoms with Crippen molar-refractivity contribution >= 4 is 29.9 Å². The number of guanidine groups is 1. The first-order chi connectivity index (χ1) is 10.3. The molecule has 6 heteroatoms. The second kappa shape index (κ2) is 10.7. The number of aliphatic imine (C=N–C) groups is 1. The zero-order valence-corrected chi connectivity index (χ0v) is 17.5. The highest BCUT2D eigenvalue weighted by Gasteiger charge is 2.12. The van der Waals surface area contributed by atoms with E-state index in [2.05, 4.69) is 47.4 Å². The summed E-state index contributed by atoms with van der Waals surface area (Å²) in [6.45, 7) is 8.58. The normalized spacial score (nSPS) is 11.9. The van der Waals surface area contributed by atoms with Gasteiger partial charge in [0.15, 0.2) is 5.96 Å². The Labute approximate surface area is 157 Å². The molecule has 0 bridgehead atoms. The molecule has 0 saturated carbocycles. The predicted octanol–water partition coefficient (Wildman–Crippen LogP) is 2.71. The third kappa shape index (κ3) is 9.65. The molecule has 0 atom stereocenters. The molecule has 0 saturated heterocycles.